The summed E-state index contributed by atoms with van der Waals surface area (Å²) < 4.78 is 14.7. The fourth-order valence-corrected chi connectivity index (χ4v) is 6.68. The SMILES string of the molecule is C/C(=C\C(=O)Oc1ccc(N)cc1)C(=O)O.NCCNC(=O)/C=C/C(=O)O.Nc1ccc(NC(=O)/C=C(\Cl)C(=O)O)cc1.Nc1ccc(NC(=O)/C=C(\O)C(=O)O)cc1.Nc1ccc(NC(=O)/C=C/C(=O)[O-])cc1.Nc1ccc(OC(=O)/C=C(/C(=O)O)c2ccccc2)cc1.Nc1ccc(OC(=O)/C=C/C(=O)O)cc1.[Na+]. The summed E-state index contributed by atoms with van der Waals surface area (Å²) in [5, 5.41) is 78.7. The van der Waals surface area contributed by atoms with Gasteiger partial charge in [-0.25, -0.2) is 43.2 Å². The molecule has 0 atom stereocenters. The number of nitrogen functional groups attached to an aromatic ring is 6. The number of carbonyl (C=O) groups is 14. The second-order valence-electron chi connectivity index (χ2n) is 20.4. The number of aliphatic carboxylic acids is 7. The molecule has 0 spiro atoms. The topological polar surface area (TPSA) is 662 Å². The molecule has 7 rings (SSSR count). The van der Waals surface area contributed by atoms with E-state index < -0.39 is 94.1 Å². The number of hydrogen-bond acceptors (Lipinski definition) is 26. The number of amides is 4. The van der Waals surface area contributed by atoms with E-state index in [1.54, 1.807) is 140 Å². The summed E-state index contributed by atoms with van der Waals surface area (Å²) in [5.74, 6) is -13.7. The number of carbonyl (C=O) groups excluding carboxylic acids is 8. The quantitative estimate of drug-likeness (QED) is 0.0108. The van der Waals surface area contributed by atoms with Crippen LogP contribution in [-0.4, -0.2) is 132 Å². The van der Waals surface area contributed by atoms with Crippen LogP contribution in [0, 0.1) is 0 Å². The van der Waals surface area contributed by atoms with Crippen LogP contribution in [0.15, 0.2) is 253 Å². The minimum atomic E-state index is -1.56. The molecule has 576 valence electrons. The summed E-state index contributed by atoms with van der Waals surface area (Å²) in [6, 6.07) is 46.1. The number of aliphatic hydroxyl groups is 1. The van der Waals surface area contributed by atoms with Crippen LogP contribution in [0.4, 0.5) is 51.2 Å². The van der Waals surface area contributed by atoms with Crippen LogP contribution in [0.3, 0.4) is 0 Å². The van der Waals surface area contributed by atoms with Crippen LogP contribution in [0.25, 0.3) is 5.57 Å². The number of carboxylic acids is 7. The van der Waals surface area contributed by atoms with E-state index in [1.165, 1.54) is 43.3 Å². The molecule has 0 unspecified atom stereocenters. The van der Waals surface area contributed by atoms with Gasteiger partial charge in [0.05, 0.1) is 17.6 Å². The summed E-state index contributed by atoms with van der Waals surface area (Å²) >= 11 is 5.28. The number of aliphatic hydroxyl groups excluding tert-OH is 1. The molecule has 7 aromatic carbocycles. The van der Waals surface area contributed by atoms with E-state index >= 15 is 0 Å². The zero-order chi connectivity index (χ0) is 82.8. The molecule has 0 radical (unpaired) electrons. The number of nitrogens with one attached hydrogen (secondary N) is 4. The molecule has 38 heteroatoms. The van der Waals surface area contributed by atoms with Crippen LogP contribution < -0.4 is 110 Å². The van der Waals surface area contributed by atoms with Crippen molar-refractivity contribution in [2.24, 2.45) is 5.73 Å². The van der Waals surface area contributed by atoms with Gasteiger partial charge in [-0.2, -0.15) is 0 Å². The predicted octanol–water partition coefficient (Wildman–Crippen LogP) is 1.73. The number of ether oxygens (including phenoxy) is 3. The van der Waals surface area contributed by atoms with Crippen LogP contribution >= 0.6 is 11.6 Å². The van der Waals surface area contributed by atoms with E-state index in [-0.39, 0.29) is 40.7 Å². The van der Waals surface area contributed by atoms with Crippen molar-refractivity contribution in [1.29, 1.82) is 0 Å². The second-order valence-corrected chi connectivity index (χ2v) is 20.8. The number of anilines is 9. The fraction of sp³-hybridized carbons (Fsp3) is 0.0411. The number of nitrogens with two attached hydrogens (primary N) is 7. The normalized spacial score (nSPS) is 10.5. The van der Waals surface area contributed by atoms with Crippen LogP contribution in [0.5, 0.6) is 17.2 Å². The van der Waals surface area contributed by atoms with E-state index in [1.807, 2.05) is 0 Å². The number of halogens is 1. The number of benzene rings is 7. The van der Waals surface area contributed by atoms with Gasteiger partial charge in [-0.3, -0.25) is 19.2 Å². The van der Waals surface area contributed by atoms with E-state index in [0.29, 0.717) is 105 Å². The van der Waals surface area contributed by atoms with E-state index in [9.17, 15) is 77.3 Å². The maximum absolute atomic E-state index is 11.8. The smallest absolute Gasteiger partial charge is 0.545 e. The Labute approximate surface area is 657 Å². The van der Waals surface area contributed by atoms with Gasteiger partial charge in [-0.05, 0) is 164 Å². The average molecular weight is 1560 g/mol. The molecule has 0 aromatic heterocycles. The first-order valence-corrected chi connectivity index (χ1v) is 30.8. The molecule has 25 N–H and O–H groups in total. The summed E-state index contributed by atoms with van der Waals surface area (Å²) in [5.41, 5.74) is 42.9. The third-order valence-corrected chi connectivity index (χ3v) is 11.9. The third kappa shape index (κ3) is 47.3. The molecule has 0 heterocycles. The molecule has 0 aliphatic heterocycles. The monoisotopic (exact) mass is 1560 g/mol. The van der Waals surface area contributed by atoms with Gasteiger partial charge < -0.3 is 121 Å². The van der Waals surface area contributed by atoms with Crippen LogP contribution in [0.1, 0.15) is 12.5 Å². The molecule has 4 amide bonds. The summed E-state index contributed by atoms with van der Waals surface area (Å²) in [7, 11) is 0. The second kappa shape index (κ2) is 53.0. The molecule has 0 aliphatic rings. The van der Waals surface area contributed by atoms with Crippen molar-refractivity contribution < 1.29 is 152 Å². The number of hydrogen-bond donors (Lipinski definition) is 18. The van der Waals surface area contributed by atoms with Crippen LogP contribution in [0.2, 0.25) is 0 Å². The fourth-order valence-electron chi connectivity index (χ4n) is 6.58. The van der Waals surface area contributed by atoms with Crippen LogP contribution in [-0.2, 0) is 67.1 Å². The Bertz CT molecular complexity index is 4270. The van der Waals surface area contributed by atoms with Gasteiger partial charge in [-0.15, -0.1) is 0 Å². The molecule has 0 aliphatic carbocycles. The zero-order valence-corrected chi connectivity index (χ0v) is 61.1. The molecule has 111 heavy (non-hydrogen) atoms. The minimum Gasteiger partial charge on any atom is -0.545 e. The first-order chi connectivity index (χ1) is 51.8. The first-order valence-electron chi connectivity index (χ1n) is 30.4. The van der Waals surface area contributed by atoms with Gasteiger partial charge in [0.25, 0.3) is 5.91 Å². The number of rotatable bonds is 23. The Morgan fingerprint density at radius 1 is 0.387 bits per heavy atom. The van der Waals surface area contributed by atoms with E-state index in [4.69, 9.17) is 96.6 Å². The molecule has 7 aromatic rings. The number of carboxylic acid groups (broad SMARTS) is 7. The standard InChI is InChI=1S/C16H13NO4.C11H11NO4.C10H9ClN2O3.C10H10N2O4.C10H10N2O3.C10H9NO4.C6H10N2O3.Na/c17-12-6-8-13(9-7-12)21-15(18)10-14(16(19)20)11-4-2-1-3-5-11;1-7(11(14)15)6-10(13)16-9-4-2-8(12)3-5-9;11-8(10(15)16)5-9(14)13-7-3-1-6(12)2-4-7;11-6-1-3-7(4-2-6)12-9(14)5-8(13)10(15)16;11-7-1-3-8(4-2-7)12-9(13)5-6-10(14)15;11-7-1-3-8(4-2-7)15-10(14)6-5-9(12)13;7-3-4-8-5(9)1-2-6(10)11;/h1-10H,17H2,(H,19,20);2-6H,12H2,1H3,(H,14,15);1-5H,12H2,(H,13,14)(H,15,16);1-5,13H,11H2,(H,12,14)(H,15,16);1-6H,11H2,(H,12,13)(H,14,15);1-6H,11H2,(H,12,13);1-2H,3-4,7H2,(H,8,9)(H,10,11);/q;;;;;;;+1/p-1/b14-10+;7-6+;2*8-5-;2*6-5+;2-1+;. The van der Waals surface area contributed by atoms with Crippen molar-refractivity contribution in [2.75, 3.05) is 63.4 Å². The summed E-state index contributed by atoms with van der Waals surface area (Å²) in [6.07, 6.45) is 8.03. The van der Waals surface area contributed by atoms with Gasteiger partial charge in [0, 0.05) is 118 Å². The van der Waals surface area contributed by atoms with Gasteiger partial charge in [0.15, 0.2) is 0 Å². The maximum Gasteiger partial charge on any atom is 1.00 e. The first kappa shape index (κ1) is 96.1. The summed E-state index contributed by atoms with van der Waals surface area (Å²) in [4.78, 5) is 150. The molecular weight excluding hydrogens is 1490 g/mol. The Morgan fingerprint density at radius 3 is 1.07 bits per heavy atom. The molecular formula is C73H71ClN11NaO25. The van der Waals surface area contributed by atoms with Gasteiger partial charge in [0.2, 0.25) is 23.5 Å². The Morgan fingerprint density at radius 2 is 0.730 bits per heavy atom. The van der Waals surface area contributed by atoms with Crippen molar-refractivity contribution >= 4 is 152 Å². The van der Waals surface area contributed by atoms with E-state index in [0.717, 1.165) is 42.5 Å². The van der Waals surface area contributed by atoms with Crippen molar-refractivity contribution in [3.8, 4) is 17.2 Å². The van der Waals surface area contributed by atoms with E-state index in [2.05, 4.69) is 21.3 Å². The Balaban J connectivity index is 0.00000128. The molecule has 0 saturated carbocycles. The predicted molar refractivity (Wildman–Crippen MR) is 401 cm³/mol. The Kier molecular flexibility index (Phi) is 45.9. The molecule has 0 bridgehead atoms. The van der Waals surface area contributed by atoms with Crippen molar-refractivity contribution in [1.82, 2.24) is 5.32 Å². The summed E-state index contributed by atoms with van der Waals surface area (Å²) in [6.45, 7) is 2.00. The molecule has 0 saturated heterocycles. The average Bonchev–Trinajstić information content (AvgIpc) is 0.871. The Hall–Kier alpha value is -14.9. The van der Waals surface area contributed by atoms with Gasteiger partial charge >= 0.3 is 83.3 Å². The van der Waals surface area contributed by atoms with Gasteiger partial charge in [-0.1, -0.05) is 41.9 Å². The molecule has 36 nitrogen and oxygen atoms in total. The zero-order valence-electron chi connectivity index (χ0n) is 58.3. The third-order valence-electron chi connectivity index (χ3n) is 11.6. The van der Waals surface area contributed by atoms with Crippen molar-refractivity contribution in [2.45, 2.75) is 6.92 Å². The molecule has 0 fully saturated rings. The maximum atomic E-state index is 11.8. The number of esters is 3. The van der Waals surface area contributed by atoms with Gasteiger partial charge in [0.1, 0.15) is 22.3 Å². The van der Waals surface area contributed by atoms with Crippen molar-refractivity contribution in [3.05, 3.63) is 259 Å². The largest absolute Gasteiger partial charge is 1.00 e. The van der Waals surface area contributed by atoms with Crippen molar-refractivity contribution in [3.63, 3.8) is 0 Å². The minimum absolute atomic E-state index is 0.